The lowest BCUT2D eigenvalue weighted by atomic mass is 10.1. The van der Waals surface area contributed by atoms with Gasteiger partial charge in [0.1, 0.15) is 5.82 Å². The SMILES string of the molecule is Cc1nc2ccccc2n1CCNC(=O)c1ccc2c(c1)NC(=O)[C@H](C)S2. The van der Waals surface area contributed by atoms with Crippen LogP contribution in [0.3, 0.4) is 0 Å². The minimum Gasteiger partial charge on any atom is -0.350 e. The number of hydrogen-bond donors (Lipinski definition) is 2. The van der Waals surface area contributed by atoms with Gasteiger partial charge in [-0.2, -0.15) is 0 Å². The van der Waals surface area contributed by atoms with Crippen LogP contribution in [0, 0.1) is 6.92 Å². The average Bonchev–Trinajstić information content (AvgIpc) is 2.98. The van der Waals surface area contributed by atoms with Crippen LogP contribution in [0.5, 0.6) is 0 Å². The van der Waals surface area contributed by atoms with Crippen molar-refractivity contribution in [1.82, 2.24) is 14.9 Å². The standard InChI is InChI=1S/C20H20N4O2S/c1-12-19(25)23-16-11-14(7-8-18(16)27-12)20(26)21-9-10-24-13(2)22-15-5-3-4-6-17(15)24/h3-8,11-12H,9-10H2,1-2H3,(H,21,26)(H,23,25)/t12-/m0/s1. The van der Waals surface area contributed by atoms with E-state index in [9.17, 15) is 9.59 Å². The van der Waals surface area contributed by atoms with E-state index in [4.69, 9.17) is 0 Å². The zero-order valence-corrected chi connectivity index (χ0v) is 16.0. The lowest BCUT2D eigenvalue weighted by Crippen LogP contribution is -2.29. The van der Waals surface area contributed by atoms with Gasteiger partial charge in [-0.3, -0.25) is 9.59 Å². The molecule has 0 saturated heterocycles. The summed E-state index contributed by atoms with van der Waals surface area (Å²) in [5, 5.41) is 5.69. The maximum absolute atomic E-state index is 12.5. The molecule has 4 rings (SSSR count). The molecule has 0 spiro atoms. The topological polar surface area (TPSA) is 76.0 Å². The Morgan fingerprint density at radius 2 is 2.11 bits per heavy atom. The Kier molecular flexibility index (Phi) is 4.61. The third-order valence-corrected chi connectivity index (χ3v) is 5.82. The Morgan fingerprint density at radius 3 is 2.96 bits per heavy atom. The molecule has 0 saturated carbocycles. The van der Waals surface area contributed by atoms with Crippen molar-refractivity contribution in [2.75, 3.05) is 11.9 Å². The molecule has 2 aromatic carbocycles. The minimum absolute atomic E-state index is 0.0347. The highest BCUT2D eigenvalue weighted by Gasteiger charge is 2.23. The van der Waals surface area contributed by atoms with Crippen molar-refractivity contribution in [1.29, 1.82) is 0 Å². The van der Waals surface area contributed by atoms with Gasteiger partial charge in [0.25, 0.3) is 5.91 Å². The maximum atomic E-state index is 12.5. The maximum Gasteiger partial charge on any atom is 0.251 e. The smallest absolute Gasteiger partial charge is 0.251 e. The number of benzene rings is 2. The number of nitrogens with one attached hydrogen (secondary N) is 2. The van der Waals surface area contributed by atoms with E-state index in [0.717, 1.165) is 21.8 Å². The molecule has 1 atom stereocenters. The summed E-state index contributed by atoms with van der Waals surface area (Å²) in [6.07, 6.45) is 0. The molecule has 0 aliphatic carbocycles. The first kappa shape index (κ1) is 17.6. The second-order valence-electron chi connectivity index (χ2n) is 6.52. The number of anilines is 1. The van der Waals surface area contributed by atoms with Crippen LogP contribution in [0.15, 0.2) is 47.4 Å². The van der Waals surface area contributed by atoms with Gasteiger partial charge in [0.05, 0.1) is 22.0 Å². The summed E-state index contributed by atoms with van der Waals surface area (Å²) < 4.78 is 2.10. The molecule has 0 unspecified atom stereocenters. The van der Waals surface area contributed by atoms with Crippen LogP contribution in [0.2, 0.25) is 0 Å². The molecule has 7 heteroatoms. The number of nitrogens with zero attached hydrogens (tertiary/aromatic N) is 2. The first-order valence-electron chi connectivity index (χ1n) is 8.84. The molecule has 138 valence electrons. The fraction of sp³-hybridized carbons (Fsp3) is 0.250. The van der Waals surface area contributed by atoms with E-state index in [1.165, 1.54) is 11.8 Å². The van der Waals surface area contributed by atoms with Crippen LogP contribution < -0.4 is 10.6 Å². The Labute approximate surface area is 161 Å². The van der Waals surface area contributed by atoms with Crippen molar-refractivity contribution in [3.63, 3.8) is 0 Å². The van der Waals surface area contributed by atoms with Crippen molar-refractivity contribution in [3.05, 3.63) is 53.9 Å². The van der Waals surface area contributed by atoms with E-state index in [-0.39, 0.29) is 17.1 Å². The molecule has 0 fully saturated rings. The first-order valence-corrected chi connectivity index (χ1v) is 9.72. The minimum atomic E-state index is -0.155. The number of imidazole rings is 1. The normalized spacial score (nSPS) is 16.1. The van der Waals surface area contributed by atoms with Crippen molar-refractivity contribution >= 4 is 40.3 Å². The molecule has 6 nitrogen and oxygen atoms in total. The molecular weight excluding hydrogens is 360 g/mol. The Balaban J connectivity index is 1.43. The van der Waals surface area contributed by atoms with E-state index < -0.39 is 0 Å². The molecule has 2 heterocycles. The molecule has 0 radical (unpaired) electrons. The Hall–Kier alpha value is -2.80. The lowest BCUT2D eigenvalue weighted by Gasteiger charge is -2.21. The van der Waals surface area contributed by atoms with Crippen molar-refractivity contribution in [2.24, 2.45) is 0 Å². The number of rotatable bonds is 4. The number of carbonyl (C=O) groups is 2. The van der Waals surface area contributed by atoms with Crippen molar-refractivity contribution in [3.8, 4) is 0 Å². The van der Waals surface area contributed by atoms with Crippen LogP contribution in [0.4, 0.5) is 5.69 Å². The summed E-state index contributed by atoms with van der Waals surface area (Å²) in [4.78, 5) is 29.9. The number of aromatic nitrogens is 2. The lowest BCUT2D eigenvalue weighted by molar-refractivity contribution is -0.115. The second-order valence-corrected chi connectivity index (χ2v) is 7.90. The zero-order valence-electron chi connectivity index (χ0n) is 15.2. The van der Waals surface area contributed by atoms with E-state index in [1.807, 2.05) is 44.2 Å². The molecular formula is C20H20N4O2S. The number of aryl methyl sites for hydroxylation is 1. The third-order valence-electron chi connectivity index (χ3n) is 4.64. The van der Waals surface area contributed by atoms with Crippen LogP contribution >= 0.6 is 11.8 Å². The van der Waals surface area contributed by atoms with E-state index in [0.29, 0.717) is 24.3 Å². The summed E-state index contributed by atoms with van der Waals surface area (Å²) in [5.41, 5.74) is 3.26. The highest BCUT2D eigenvalue weighted by Crippen LogP contribution is 2.35. The van der Waals surface area contributed by atoms with Crippen molar-refractivity contribution in [2.45, 2.75) is 30.5 Å². The van der Waals surface area contributed by atoms with Gasteiger partial charge in [-0.05, 0) is 44.2 Å². The summed E-state index contributed by atoms with van der Waals surface area (Å²) in [6.45, 7) is 4.97. The van der Waals surface area contributed by atoms with E-state index in [1.54, 1.807) is 12.1 Å². The molecule has 1 aromatic heterocycles. The Morgan fingerprint density at radius 1 is 1.30 bits per heavy atom. The monoisotopic (exact) mass is 380 g/mol. The summed E-state index contributed by atoms with van der Waals surface area (Å²) in [7, 11) is 0. The highest BCUT2D eigenvalue weighted by atomic mass is 32.2. The molecule has 2 amide bonds. The van der Waals surface area contributed by atoms with E-state index in [2.05, 4.69) is 20.2 Å². The molecule has 1 aliphatic rings. The summed E-state index contributed by atoms with van der Waals surface area (Å²) in [5.74, 6) is 0.735. The average molecular weight is 380 g/mol. The fourth-order valence-corrected chi connectivity index (χ4v) is 4.14. The summed E-state index contributed by atoms with van der Waals surface area (Å²) in [6, 6.07) is 13.4. The van der Waals surface area contributed by atoms with Gasteiger partial charge in [-0.15, -0.1) is 11.8 Å². The number of amides is 2. The quantitative estimate of drug-likeness (QED) is 0.729. The van der Waals surface area contributed by atoms with Crippen LogP contribution in [-0.2, 0) is 11.3 Å². The Bertz CT molecular complexity index is 1040. The van der Waals surface area contributed by atoms with Gasteiger partial charge >= 0.3 is 0 Å². The van der Waals surface area contributed by atoms with Gasteiger partial charge in [-0.25, -0.2) is 4.98 Å². The third kappa shape index (κ3) is 3.42. The van der Waals surface area contributed by atoms with Crippen LogP contribution in [0.25, 0.3) is 11.0 Å². The fourth-order valence-electron chi connectivity index (χ4n) is 3.21. The largest absolute Gasteiger partial charge is 0.350 e. The van der Waals surface area contributed by atoms with Gasteiger partial charge < -0.3 is 15.2 Å². The number of fused-ring (bicyclic) bond motifs is 2. The molecule has 27 heavy (non-hydrogen) atoms. The summed E-state index contributed by atoms with van der Waals surface area (Å²) >= 11 is 1.51. The van der Waals surface area contributed by atoms with Gasteiger partial charge in [0.2, 0.25) is 5.91 Å². The molecule has 0 bridgehead atoms. The highest BCUT2D eigenvalue weighted by molar-refractivity contribution is 8.00. The zero-order chi connectivity index (χ0) is 19.0. The number of carbonyl (C=O) groups excluding carboxylic acids is 2. The van der Waals surface area contributed by atoms with Crippen LogP contribution in [0.1, 0.15) is 23.1 Å². The number of para-hydroxylation sites is 2. The molecule has 1 aliphatic heterocycles. The predicted molar refractivity (Wildman–Crippen MR) is 107 cm³/mol. The second kappa shape index (κ2) is 7.08. The van der Waals surface area contributed by atoms with Gasteiger partial charge in [-0.1, -0.05) is 12.1 Å². The number of hydrogen-bond acceptors (Lipinski definition) is 4. The van der Waals surface area contributed by atoms with Crippen molar-refractivity contribution < 1.29 is 9.59 Å². The number of thioether (sulfide) groups is 1. The first-order chi connectivity index (χ1) is 13.0. The molecule has 3 aromatic rings. The van der Waals surface area contributed by atoms with Crippen LogP contribution in [-0.4, -0.2) is 33.2 Å². The van der Waals surface area contributed by atoms with E-state index >= 15 is 0 Å². The predicted octanol–water partition coefficient (Wildman–Crippen LogP) is 3.21. The van der Waals surface area contributed by atoms with Gasteiger partial charge in [0, 0.05) is 23.5 Å². The molecule has 2 N–H and O–H groups in total. The van der Waals surface area contributed by atoms with Gasteiger partial charge in [0.15, 0.2) is 0 Å².